The average Bonchev–Trinajstić information content (AvgIpc) is 2.40. The van der Waals surface area contributed by atoms with Crippen molar-refractivity contribution in [1.82, 2.24) is 4.90 Å². The van der Waals surface area contributed by atoms with Gasteiger partial charge in [-0.2, -0.15) is 0 Å². The molecule has 0 fully saturated rings. The van der Waals surface area contributed by atoms with E-state index in [-0.39, 0.29) is 0 Å². The lowest BCUT2D eigenvalue weighted by Gasteiger charge is -2.22. The molecule has 0 spiro atoms. The van der Waals surface area contributed by atoms with Crippen LogP contribution in [-0.4, -0.2) is 17.1 Å². The molecule has 0 heterocycles. The number of benzene rings is 2. The van der Waals surface area contributed by atoms with Gasteiger partial charge < -0.3 is 10.2 Å². The Labute approximate surface area is 147 Å². The van der Waals surface area contributed by atoms with Crippen molar-refractivity contribution in [2.45, 2.75) is 20.4 Å². The van der Waals surface area contributed by atoms with E-state index in [0.29, 0.717) is 15.2 Å². The van der Waals surface area contributed by atoms with Gasteiger partial charge in [0.05, 0.1) is 0 Å². The van der Waals surface area contributed by atoms with Crippen molar-refractivity contribution in [3.63, 3.8) is 0 Å². The maximum atomic E-state index is 6.00. The summed E-state index contributed by atoms with van der Waals surface area (Å²) < 4.78 is 0. The summed E-state index contributed by atoms with van der Waals surface area (Å²) in [6.07, 6.45) is 0. The number of nitrogens with one attached hydrogen (secondary N) is 1. The minimum atomic E-state index is 0.579. The van der Waals surface area contributed by atoms with E-state index in [4.69, 9.17) is 35.4 Å². The van der Waals surface area contributed by atoms with Gasteiger partial charge in [0.15, 0.2) is 5.11 Å². The lowest BCUT2D eigenvalue weighted by Crippen LogP contribution is -2.30. The first-order valence-electron chi connectivity index (χ1n) is 6.89. The highest BCUT2D eigenvalue weighted by Crippen LogP contribution is 2.23. The van der Waals surface area contributed by atoms with Gasteiger partial charge in [0.25, 0.3) is 0 Å². The molecule has 0 aromatic heterocycles. The van der Waals surface area contributed by atoms with Crippen LogP contribution in [0.25, 0.3) is 0 Å². The zero-order chi connectivity index (χ0) is 16.3. The quantitative estimate of drug-likeness (QED) is 0.740. The Bertz CT molecular complexity index is 681. The van der Waals surface area contributed by atoms with E-state index in [2.05, 4.69) is 37.4 Å². The Hall–Kier alpha value is -1.29. The minimum absolute atomic E-state index is 0.579. The van der Waals surface area contributed by atoms with E-state index in [9.17, 15) is 0 Å². The zero-order valence-electron chi connectivity index (χ0n) is 12.8. The van der Waals surface area contributed by atoms with Crippen molar-refractivity contribution >= 4 is 46.2 Å². The highest BCUT2D eigenvalue weighted by Gasteiger charge is 2.08. The first kappa shape index (κ1) is 17.1. The second kappa shape index (κ2) is 7.32. The molecule has 0 aliphatic heterocycles. The van der Waals surface area contributed by atoms with E-state index < -0.39 is 0 Å². The molecule has 0 bridgehead atoms. The van der Waals surface area contributed by atoms with Gasteiger partial charge in [-0.1, -0.05) is 47.0 Å². The van der Waals surface area contributed by atoms with Crippen molar-refractivity contribution in [1.29, 1.82) is 0 Å². The summed E-state index contributed by atoms with van der Waals surface area (Å²) in [6.45, 7) is 4.95. The van der Waals surface area contributed by atoms with Crippen LogP contribution in [0.3, 0.4) is 0 Å². The van der Waals surface area contributed by atoms with E-state index in [1.54, 1.807) is 18.2 Å². The molecular weight excluding hydrogens is 335 g/mol. The zero-order valence-corrected chi connectivity index (χ0v) is 15.1. The van der Waals surface area contributed by atoms with Gasteiger partial charge in [-0.25, -0.2) is 0 Å². The van der Waals surface area contributed by atoms with E-state index >= 15 is 0 Å². The van der Waals surface area contributed by atoms with Crippen LogP contribution in [0.2, 0.25) is 10.0 Å². The molecule has 2 aromatic carbocycles. The van der Waals surface area contributed by atoms with Crippen molar-refractivity contribution in [2.75, 3.05) is 12.4 Å². The molecular formula is C17H18Cl2N2S. The van der Waals surface area contributed by atoms with Gasteiger partial charge in [-0.05, 0) is 55.4 Å². The van der Waals surface area contributed by atoms with Gasteiger partial charge in [-0.3, -0.25) is 0 Å². The summed E-state index contributed by atoms with van der Waals surface area (Å²) >= 11 is 17.4. The highest BCUT2D eigenvalue weighted by atomic mass is 35.5. The van der Waals surface area contributed by atoms with Gasteiger partial charge in [-0.15, -0.1) is 0 Å². The fourth-order valence-electron chi connectivity index (χ4n) is 2.20. The summed E-state index contributed by atoms with van der Waals surface area (Å²) in [7, 11) is 1.96. The number of nitrogens with zero attached hydrogens (tertiary/aromatic N) is 1. The molecule has 0 unspecified atom stereocenters. The Balaban J connectivity index is 2.05. The molecule has 1 N–H and O–H groups in total. The second-order valence-electron chi connectivity index (χ2n) is 5.37. The van der Waals surface area contributed by atoms with Gasteiger partial charge in [0, 0.05) is 29.3 Å². The summed E-state index contributed by atoms with van der Waals surface area (Å²) in [6, 6.07) is 11.7. The largest absolute Gasteiger partial charge is 0.348 e. The highest BCUT2D eigenvalue weighted by molar-refractivity contribution is 7.80. The molecule has 2 rings (SSSR count). The standard InChI is InChI=1S/C17H18Cl2N2S/c1-11-4-5-13(12(2)6-11)10-21(3)17(22)20-16-8-14(18)7-15(19)9-16/h4-9H,10H2,1-3H3,(H,20,22). The van der Waals surface area contributed by atoms with Crippen LogP contribution in [0.4, 0.5) is 5.69 Å². The van der Waals surface area contributed by atoms with Crippen LogP contribution in [-0.2, 0) is 6.54 Å². The first-order chi connectivity index (χ1) is 10.3. The molecule has 0 saturated heterocycles. The van der Waals surface area contributed by atoms with Crippen LogP contribution in [0, 0.1) is 13.8 Å². The summed E-state index contributed by atoms with van der Waals surface area (Å²) in [5, 5.41) is 4.94. The molecule has 0 atom stereocenters. The Morgan fingerprint density at radius 2 is 1.73 bits per heavy atom. The number of halogens is 2. The topological polar surface area (TPSA) is 15.3 Å². The molecule has 0 radical (unpaired) electrons. The molecule has 22 heavy (non-hydrogen) atoms. The van der Waals surface area contributed by atoms with Crippen molar-refractivity contribution < 1.29 is 0 Å². The van der Waals surface area contributed by atoms with Crippen LogP contribution >= 0.6 is 35.4 Å². The fourth-order valence-corrected chi connectivity index (χ4v) is 2.90. The Morgan fingerprint density at radius 3 is 2.32 bits per heavy atom. The molecule has 2 nitrogen and oxygen atoms in total. The van der Waals surface area contributed by atoms with Gasteiger partial charge in [0.1, 0.15) is 0 Å². The third-order valence-corrected chi connectivity index (χ3v) is 4.22. The number of rotatable bonds is 3. The summed E-state index contributed by atoms with van der Waals surface area (Å²) in [4.78, 5) is 1.99. The predicted molar refractivity (Wildman–Crippen MR) is 100 cm³/mol. The van der Waals surface area contributed by atoms with Crippen LogP contribution in [0.1, 0.15) is 16.7 Å². The van der Waals surface area contributed by atoms with E-state index in [1.165, 1.54) is 16.7 Å². The third-order valence-electron chi connectivity index (χ3n) is 3.37. The number of hydrogen-bond donors (Lipinski definition) is 1. The molecule has 0 amide bonds. The normalized spacial score (nSPS) is 10.4. The summed E-state index contributed by atoms with van der Waals surface area (Å²) in [5.41, 5.74) is 4.56. The number of aryl methyl sites for hydroxylation is 2. The van der Waals surface area contributed by atoms with Crippen LogP contribution in [0.15, 0.2) is 36.4 Å². The van der Waals surface area contributed by atoms with Crippen LogP contribution < -0.4 is 5.32 Å². The molecule has 116 valence electrons. The summed E-state index contributed by atoms with van der Waals surface area (Å²) in [5.74, 6) is 0. The lowest BCUT2D eigenvalue weighted by atomic mass is 10.1. The minimum Gasteiger partial charge on any atom is -0.348 e. The molecule has 0 aliphatic rings. The molecule has 0 saturated carbocycles. The van der Waals surface area contributed by atoms with Gasteiger partial charge in [0.2, 0.25) is 0 Å². The van der Waals surface area contributed by atoms with E-state index in [1.807, 2.05) is 11.9 Å². The lowest BCUT2D eigenvalue weighted by molar-refractivity contribution is 0.507. The maximum Gasteiger partial charge on any atom is 0.173 e. The Kier molecular flexibility index (Phi) is 5.68. The predicted octanol–water partition coefficient (Wildman–Crippen LogP) is 5.44. The molecule has 5 heteroatoms. The smallest absolute Gasteiger partial charge is 0.173 e. The van der Waals surface area contributed by atoms with Crippen molar-refractivity contribution in [3.8, 4) is 0 Å². The monoisotopic (exact) mass is 352 g/mol. The average molecular weight is 353 g/mol. The van der Waals surface area contributed by atoms with Crippen molar-refractivity contribution in [2.24, 2.45) is 0 Å². The third kappa shape index (κ3) is 4.60. The first-order valence-corrected chi connectivity index (χ1v) is 8.06. The fraction of sp³-hybridized carbons (Fsp3) is 0.235. The SMILES string of the molecule is Cc1ccc(CN(C)C(=S)Nc2cc(Cl)cc(Cl)c2)c(C)c1. The number of anilines is 1. The number of hydrogen-bond acceptors (Lipinski definition) is 1. The second-order valence-corrected chi connectivity index (χ2v) is 6.63. The van der Waals surface area contributed by atoms with Crippen LogP contribution in [0.5, 0.6) is 0 Å². The van der Waals surface area contributed by atoms with Gasteiger partial charge >= 0.3 is 0 Å². The van der Waals surface area contributed by atoms with Crippen molar-refractivity contribution in [3.05, 3.63) is 63.1 Å². The maximum absolute atomic E-state index is 6.00. The number of thiocarbonyl (C=S) groups is 1. The Morgan fingerprint density at radius 1 is 1.09 bits per heavy atom. The molecule has 2 aromatic rings. The molecule has 0 aliphatic carbocycles. The van der Waals surface area contributed by atoms with E-state index in [0.717, 1.165) is 12.2 Å².